The van der Waals surface area contributed by atoms with Crippen molar-refractivity contribution in [3.8, 4) is 11.8 Å². The van der Waals surface area contributed by atoms with Crippen molar-refractivity contribution in [2.75, 3.05) is 6.61 Å². The van der Waals surface area contributed by atoms with Gasteiger partial charge < -0.3 is 10.1 Å². The molecule has 1 amide bonds. The average molecular weight is 459 g/mol. The monoisotopic (exact) mass is 458 g/mol. The van der Waals surface area contributed by atoms with E-state index in [1.165, 1.54) is 13.0 Å². The van der Waals surface area contributed by atoms with Gasteiger partial charge in [0.25, 0.3) is 5.91 Å². The number of nitriles is 1. The van der Waals surface area contributed by atoms with Crippen LogP contribution in [0.25, 0.3) is 0 Å². The Morgan fingerprint density at radius 1 is 1.17 bits per heavy atom. The maximum Gasteiger partial charge on any atom is 0.310 e. The van der Waals surface area contributed by atoms with Crippen molar-refractivity contribution in [1.82, 2.24) is 5.32 Å². The highest BCUT2D eigenvalue weighted by Gasteiger charge is 2.65. The van der Waals surface area contributed by atoms with E-state index in [0.717, 1.165) is 12.1 Å². The molecule has 0 saturated carbocycles. The van der Waals surface area contributed by atoms with Crippen LogP contribution < -0.4 is 10.1 Å². The fourth-order valence-corrected chi connectivity index (χ4v) is 2.97. The minimum Gasteiger partial charge on any atom is -0.488 e. The van der Waals surface area contributed by atoms with Crippen LogP contribution in [0.4, 0.5) is 23.8 Å². The molecule has 12 heteroatoms. The van der Waals surface area contributed by atoms with E-state index in [1.54, 1.807) is 6.07 Å². The van der Waals surface area contributed by atoms with Crippen LogP contribution in [0.15, 0.2) is 47.4 Å². The fraction of sp³-hybridized carbons (Fsp3) is 0.176. The summed E-state index contributed by atoms with van der Waals surface area (Å²) in [6, 6.07) is 6.31. The summed E-state index contributed by atoms with van der Waals surface area (Å²) in [7, 11) is -9.86. The molecule has 2 rings (SSSR count). The Morgan fingerprint density at radius 2 is 1.76 bits per heavy atom. The first kappa shape index (κ1) is 22.7. The van der Waals surface area contributed by atoms with E-state index in [0.29, 0.717) is 12.1 Å². The van der Waals surface area contributed by atoms with E-state index < -0.39 is 39.0 Å². The maximum absolute atomic E-state index is 13.0. The highest BCUT2D eigenvalue weighted by atomic mass is 35.5. The number of benzene rings is 2. The summed E-state index contributed by atoms with van der Waals surface area (Å²) >= 11 is 5.79. The molecule has 0 aliphatic rings. The van der Waals surface area contributed by atoms with Crippen molar-refractivity contribution >= 4 is 27.7 Å². The van der Waals surface area contributed by atoms with Crippen LogP contribution in [-0.4, -0.2) is 18.1 Å². The Balaban J connectivity index is 2.14. The highest BCUT2D eigenvalue weighted by Crippen LogP contribution is 3.02. The Bertz CT molecular complexity index is 993. The zero-order chi connectivity index (χ0) is 22.2. The summed E-state index contributed by atoms with van der Waals surface area (Å²) in [5.74, 6) is -1.57. The molecular formula is C17H13ClF6N2O2S. The lowest BCUT2D eigenvalue weighted by molar-refractivity contribution is 0.0901. The summed E-state index contributed by atoms with van der Waals surface area (Å²) in [5, 5.41) is 11.5. The van der Waals surface area contributed by atoms with Gasteiger partial charge in [-0.15, -0.1) is 0 Å². The van der Waals surface area contributed by atoms with Crippen molar-refractivity contribution in [1.29, 1.82) is 5.26 Å². The number of hydrogen-bond donors (Lipinski definition) is 1. The molecule has 1 atom stereocenters. The van der Waals surface area contributed by atoms with Crippen LogP contribution in [0.3, 0.4) is 0 Å². The lowest BCUT2D eigenvalue weighted by Gasteiger charge is -2.40. The van der Waals surface area contributed by atoms with Crippen molar-refractivity contribution in [2.45, 2.75) is 17.4 Å². The Kier molecular flexibility index (Phi) is 5.28. The number of nitrogens with one attached hydrogen (secondary N) is 1. The predicted octanol–water partition coefficient (Wildman–Crippen LogP) is 6.23. The zero-order valence-corrected chi connectivity index (χ0v) is 16.1. The standard InChI is InChI=1S/C17H13ClF6N2O2S/c1-17(9-25,10-28-15-7-4-12(19)8-14(15)18)26-16(27)11-2-5-13(6-3-11)29(20,21,22,23)24/h2-8H,10H2,1H3,(H,26,27). The molecule has 158 valence electrons. The van der Waals surface area contributed by atoms with Gasteiger partial charge in [0.2, 0.25) is 0 Å². The molecule has 0 bridgehead atoms. The molecule has 1 unspecified atom stereocenters. The van der Waals surface area contributed by atoms with Gasteiger partial charge in [-0.1, -0.05) is 31.0 Å². The van der Waals surface area contributed by atoms with Gasteiger partial charge in [0.05, 0.1) is 11.1 Å². The number of carbonyl (C=O) groups is 1. The first-order valence-electron chi connectivity index (χ1n) is 7.69. The second-order valence-electron chi connectivity index (χ2n) is 6.25. The molecule has 0 aliphatic heterocycles. The first-order chi connectivity index (χ1) is 13.0. The number of hydrogen-bond acceptors (Lipinski definition) is 3. The summed E-state index contributed by atoms with van der Waals surface area (Å²) in [6.45, 7) is 0.815. The van der Waals surface area contributed by atoms with Crippen LogP contribution in [0, 0.1) is 17.1 Å². The van der Waals surface area contributed by atoms with Gasteiger partial charge in [0, 0.05) is 5.56 Å². The quantitative estimate of drug-likeness (QED) is 0.522. The molecule has 0 heterocycles. The lowest BCUT2D eigenvalue weighted by atomic mass is 10.1. The average Bonchev–Trinajstić information content (AvgIpc) is 2.59. The molecule has 0 spiro atoms. The number of halogens is 7. The lowest BCUT2D eigenvalue weighted by Crippen LogP contribution is -2.49. The smallest absolute Gasteiger partial charge is 0.310 e. The third-order valence-electron chi connectivity index (χ3n) is 3.61. The maximum atomic E-state index is 13.0. The van der Waals surface area contributed by atoms with Gasteiger partial charge in [-0.3, -0.25) is 4.79 Å². The summed E-state index contributed by atoms with van der Waals surface area (Å²) in [6.07, 6.45) is 0. The van der Waals surface area contributed by atoms with Crippen molar-refractivity contribution < 1.29 is 33.4 Å². The molecule has 0 fully saturated rings. The van der Waals surface area contributed by atoms with Crippen molar-refractivity contribution in [3.63, 3.8) is 0 Å². The molecular weight excluding hydrogens is 446 g/mol. The summed E-state index contributed by atoms with van der Waals surface area (Å²) < 4.78 is 82.0. The highest BCUT2D eigenvalue weighted by molar-refractivity contribution is 8.45. The Morgan fingerprint density at radius 3 is 2.24 bits per heavy atom. The van der Waals surface area contributed by atoms with Gasteiger partial charge in [-0.05, 0) is 49.4 Å². The van der Waals surface area contributed by atoms with E-state index >= 15 is 0 Å². The minimum atomic E-state index is -9.86. The van der Waals surface area contributed by atoms with E-state index in [4.69, 9.17) is 16.3 Å². The number of amides is 1. The molecule has 2 aromatic carbocycles. The topological polar surface area (TPSA) is 62.1 Å². The number of nitrogens with zero attached hydrogens (tertiary/aromatic N) is 1. The van der Waals surface area contributed by atoms with Crippen LogP contribution in [-0.2, 0) is 0 Å². The van der Waals surface area contributed by atoms with E-state index in [-0.39, 0.29) is 28.5 Å². The predicted molar refractivity (Wildman–Crippen MR) is 96.2 cm³/mol. The first-order valence-corrected chi connectivity index (χ1v) is 10.0. The number of ether oxygens (including phenoxy) is 1. The Hall–Kier alpha value is -2.58. The summed E-state index contributed by atoms with van der Waals surface area (Å²) in [5.41, 5.74) is -2.04. The van der Waals surface area contributed by atoms with E-state index in [9.17, 15) is 33.9 Å². The minimum absolute atomic E-state index is 0.0315. The van der Waals surface area contributed by atoms with Gasteiger partial charge >= 0.3 is 10.2 Å². The molecule has 0 aliphatic carbocycles. The second-order valence-corrected chi connectivity index (χ2v) is 9.07. The van der Waals surface area contributed by atoms with Gasteiger partial charge in [0.15, 0.2) is 5.54 Å². The Labute approximate surface area is 166 Å². The van der Waals surface area contributed by atoms with Crippen LogP contribution >= 0.6 is 21.8 Å². The summed E-state index contributed by atoms with van der Waals surface area (Å²) in [4.78, 5) is 10.1. The van der Waals surface area contributed by atoms with Crippen LogP contribution in [0.5, 0.6) is 5.75 Å². The molecule has 29 heavy (non-hydrogen) atoms. The third-order valence-corrected chi connectivity index (χ3v) is 5.07. The molecule has 0 saturated heterocycles. The fourth-order valence-electron chi connectivity index (χ4n) is 2.10. The van der Waals surface area contributed by atoms with E-state index in [1.807, 2.05) is 0 Å². The van der Waals surface area contributed by atoms with E-state index in [2.05, 4.69) is 5.32 Å². The number of rotatable bonds is 6. The van der Waals surface area contributed by atoms with Gasteiger partial charge in [-0.2, -0.15) is 5.26 Å². The van der Waals surface area contributed by atoms with Crippen LogP contribution in [0.1, 0.15) is 17.3 Å². The third kappa shape index (κ3) is 5.95. The molecule has 4 nitrogen and oxygen atoms in total. The SMILES string of the molecule is CC(C#N)(COc1ccc(F)cc1Cl)NC(=O)c1ccc(S(F)(F)(F)(F)F)cc1. The number of carbonyl (C=O) groups excluding carboxylic acids is 1. The van der Waals surface area contributed by atoms with Gasteiger partial charge in [-0.25, -0.2) is 4.39 Å². The largest absolute Gasteiger partial charge is 0.488 e. The molecule has 0 radical (unpaired) electrons. The molecule has 1 N–H and O–H groups in total. The zero-order valence-electron chi connectivity index (χ0n) is 14.6. The normalized spacial score (nSPS) is 16.0. The molecule has 0 aromatic heterocycles. The second kappa shape index (κ2) is 6.74. The van der Waals surface area contributed by atoms with Crippen LogP contribution in [0.2, 0.25) is 5.02 Å². The van der Waals surface area contributed by atoms with Crippen molar-refractivity contribution in [3.05, 3.63) is 58.9 Å². The van der Waals surface area contributed by atoms with Gasteiger partial charge in [0.1, 0.15) is 23.1 Å². The molecule has 2 aromatic rings. The van der Waals surface area contributed by atoms with Crippen molar-refractivity contribution in [2.24, 2.45) is 0 Å².